The molecule has 0 aromatic rings. The van der Waals surface area contributed by atoms with Gasteiger partial charge in [0.25, 0.3) is 0 Å². The van der Waals surface area contributed by atoms with E-state index < -0.39 is 10.0 Å². The molecule has 0 aliphatic carbocycles. The number of nitrogens with zero attached hydrogens (tertiary/aromatic N) is 1. The second-order valence-corrected chi connectivity index (χ2v) is 6.51. The minimum atomic E-state index is -3.16. The first-order valence-corrected chi connectivity index (χ1v) is 7.99. The number of nitrogens with two attached hydrogens (primary N) is 1. The molecule has 0 radical (unpaired) electrons. The van der Waals surface area contributed by atoms with E-state index in [9.17, 15) is 8.42 Å². The first kappa shape index (κ1) is 15.8. The van der Waals surface area contributed by atoms with Crippen LogP contribution in [-0.2, 0) is 19.5 Å². The average Bonchev–Trinajstić information content (AvgIpc) is 2.37. The van der Waals surface area contributed by atoms with Crippen LogP contribution >= 0.6 is 0 Å². The molecular formula is C11H24N2O4S. The molecule has 108 valence electrons. The lowest BCUT2D eigenvalue weighted by molar-refractivity contribution is 0.0208. The lowest BCUT2D eigenvalue weighted by Gasteiger charge is -2.31. The van der Waals surface area contributed by atoms with Gasteiger partial charge >= 0.3 is 0 Å². The predicted octanol–water partition coefficient (Wildman–Crippen LogP) is -0.208. The SMILES string of the molecule is COCCS(=O)(=O)N1CCC(OCCCN)CC1. The molecule has 1 aliphatic rings. The highest BCUT2D eigenvalue weighted by atomic mass is 32.2. The number of sulfonamides is 1. The van der Waals surface area contributed by atoms with Crippen LogP contribution in [0.5, 0.6) is 0 Å². The van der Waals surface area contributed by atoms with E-state index in [4.69, 9.17) is 15.2 Å². The number of methoxy groups -OCH3 is 1. The maximum atomic E-state index is 11.9. The average molecular weight is 280 g/mol. The highest BCUT2D eigenvalue weighted by Gasteiger charge is 2.27. The van der Waals surface area contributed by atoms with Crippen LogP contribution in [0.1, 0.15) is 19.3 Å². The molecule has 0 aromatic carbocycles. The van der Waals surface area contributed by atoms with E-state index in [1.54, 1.807) is 0 Å². The summed E-state index contributed by atoms with van der Waals surface area (Å²) in [5, 5.41) is 0. The lowest BCUT2D eigenvalue weighted by Crippen LogP contribution is -2.42. The van der Waals surface area contributed by atoms with Crippen molar-refractivity contribution in [2.45, 2.75) is 25.4 Å². The number of piperidine rings is 1. The highest BCUT2D eigenvalue weighted by molar-refractivity contribution is 7.89. The monoisotopic (exact) mass is 280 g/mol. The molecule has 0 spiro atoms. The Bertz CT molecular complexity index is 313. The van der Waals surface area contributed by atoms with Crippen LogP contribution in [-0.4, -0.2) is 64.5 Å². The van der Waals surface area contributed by atoms with Gasteiger partial charge in [-0.05, 0) is 25.8 Å². The standard InChI is InChI=1S/C11H24N2O4S/c1-16-9-10-18(14,15)13-6-3-11(4-7-13)17-8-2-5-12/h11H,2-10,12H2,1H3. The van der Waals surface area contributed by atoms with Crippen molar-refractivity contribution in [3.63, 3.8) is 0 Å². The Balaban J connectivity index is 2.30. The minimum absolute atomic E-state index is 0.0577. The van der Waals surface area contributed by atoms with E-state index in [0.717, 1.165) is 19.3 Å². The summed E-state index contributed by atoms with van der Waals surface area (Å²) in [6.07, 6.45) is 2.55. The van der Waals surface area contributed by atoms with E-state index in [-0.39, 0.29) is 18.5 Å². The van der Waals surface area contributed by atoms with Crippen LogP contribution in [0.15, 0.2) is 0 Å². The Hall–Kier alpha value is -0.210. The van der Waals surface area contributed by atoms with Crippen molar-refractivity contribution < 1.29 is 17.9 Å². The van der Waals surface area contributed by atoms with Crippen LogP contribution < -0.4 is 5.73 Å². The van der Waals surface area contributed by atoms with Crippen molar-refractivity contribution in [3.8, 4) is 0 Å². The summed E-state index contributed by atoms with van der Waals surface area (Å²) in [6, 6.07) is 0. The van der Waals surface area contributed by atoms with Gasteiger partial charge in [0.05, 0.1) is 18.5 Å². The predicted molar refractivity (Wildman–Crippen MR) is 69.9 cm³/mol. The summed E-state index contributed by atoms with van der Waals surface area (Å²) >= 11 is 0. The Labute approximate surface area is 109 Å². The van der Waals surface area contributed by atoms with Gasteiger partial charge in [0.1, 0.15) is 0 Å². The van der Waals surface area contributed by atoms with Crippen LogP contribution in [0.3, 0.4) is 0 Å². The molecule has 18 heavy (non-hydrogen) atoms. The van der Waals surface area contributed by atoms with E-state index in [0.29, 0.717) is 26.2 Å². The Morgan fingerprint density at radius 1 is 1.28 bits per heavy atom. The van der Waals surface area contributed by atoms with Crippen molar-refractivity contribution in [3.05, 3.63) is 0 Å². The molecule has 7 heteroatoms. The molecule has 2 N–H and O–H groups in total. The molecule has 6 nitrogen and oxygen atoms in total. The third-order valence-corrected chi connectivity index (χ3v) is 4.88. The molecule has 0 saturated carbocycles. The summed E-state index contributed by atoms with van der Waals surface area (Å²) in [4.78, 5) is 0. The Morgan fingerprint density at radius 2 is 1.94 bits per heavy atom. The van der Waals surface area contributed by atoms with Gasteiger partial charge in [-0.25, -0.2) is 12.7 Å². The van der Waals surface area contributed by atoms with Crippen molar-refractivity contribution in [2.24, 2.45) is 5.73 Å². The number of rotatable bonds is 8. The van der Waals surface area contributed by atoms with Gasteiger partial charge in [0.2, 0.25) is 10.0 Å². The number of ether oxygens (including phenoxy) is 2. The summed E-state index contributed by atoms with van der Waals surface area (Å²) in [6.45, 7) is 2.62. The maximum Gasteiger partial charge on any atom is 0.216 e. The van der Waals surface area contributed by atoms with Gasteiger partial charge in [-0.3, -0.25) is 0 Å². The summed E-state index contributed by atoms with van der Waals surface area (Å²) < 4.78 is 35.8. The fourth-order valence-corrected chi connectivity index (χ4v) is 3.33. The van der Waals surface area contributed by atoms with Gasteiger partial charge < -0.3 is 15.2 Å². The van der Waals surface area contributed by atoms with Crippen molar-refractivity contribution in [2.75, 3.05) is 45.7 Å². The van der Waals surface area contributed by atoms with Crippen LogP contribution in [0.25, 0.3) is 0 Å². The van der Waals surface area contributed by atoms with E-state index in [2.05, 4.69) is 0 Å². The maximum absolute atomic E-state index is 11.9. The molecule has 1 rings (SSSR count). The molecule has 0 unspecified atom stereocenters. The largest absolute Gasteiger partial charge is 0.384 e. The first-order valence-electron chi connectivity index (χ1n) is 6.38. The first-order chi connectivity index (χ1) is 8.60. The van der Waals surface area contributed by atoms with Crippen LogP contribution in [0.4, 0.5) is 0 Å². The van der Waals surface area contributed by atoms with E-state index in [1.165, 1.54) is 11.4 Å². The Morgan fingerprint density at radius 3 is 2.50 bits per heavy atom. The molecular weight excluding hydrogens is 256 g/mol. The smallest absolute Gasteiger partial charge is 0.216 e. The zero-order chi connectivity index (χ0) is 13.4. The molecule has 1 fully saturated rings. The van der Waals surface area contributed by atoms with Gasteiger partial charge in [-0.1, -0.05) is 0 Å². The van der Waals surface area contributed by atoms with Crippen LogP contribution in [0, 0.1) is 0 Å². The zero-order valence-electron chi connectivity index (χ0n) is 11.0. The van der Waals surface area contributed by atoms with Crippen molar-refractivity contribution in [1.29, 1.82) is 0 Å². The lowest BCUT2D eigenvalue weighted by atomic mass is 10.1. The summed E-state index contributed by atoms with van der Waals surface area (Å²) in [7, 11) is -1.65. The third-order valence-electron chi connectivity index (χ3n) is 3.04. The van der Waals surface area contributed by atoms with Gasteiger partial charge in [-0.2, -0.15) is 0 Å². The highest BCUT2D eigenvalue weighted by Crippen LogP contribution is 2.17. The normalized spacial score (nSPS) is 19.2. The molecule has 0 amide bonds. The second kappa shape index (κ2) is 8.06. The minimum Gasteiger partial charge on any atom is -0.384 e. The third kappa shape index (κ3) is 5.19. The fraction of sp³-hybridized carbons (Fsp3) is 1.00. The number of hydrogen-bond donors (Lipinski definition) is 1. The van der Waals surface area contributed by atoms with Crippen LogP contribution in [0.2, 0.25) is 0 Å². The second-order valence-electron chi connectivity index (χ2n) is 4.42. The van der Waals surface area contributed by atoms with E-state index >= 15 is 0 Å². The van der Waals surface area contributed by atoms with Crippen molar-refractivity contribution in [1.82, 2.24) is 4.31 Å². The van der Waals surface area contributed by atoms with Crippen molar-refractivity contribution >= 4 is 10.0 Å². The summed E-state index contributed by atoms with van der Waals surface area (Å²) in [5.41, 5.74) is 5.39. The fourth-order valence-electron chi connectivity index (χ4n) is 1.93. The van der Waals surface area contributed by atoms with E-state index in [1.807, 2.05) is 0 Å². The van der Waals surface area contributed by atoms with Gasteiger partial charge in [-0.15, -0.1) is 0 Å². The molecule has 1 saturated heterocycles. The number of hydrogen-bond acceptors (Lipinski definition) is 5. The molecule has 1 aliphatic heterocycles. The zero-order valence-corrected chi connectivity index (χ0v) is 11.8. The topological polar surface area (TPSA) is 81.9 Å². The summed E-state index contributed by atoms with van der Waals surface area (Å²) in [5.74, 6) is 0.0577. The van der Waals surface area contributed by atoms with Gasteiger partial charge in [0.15, 0.2) is 0 Å². The molecule has 0 atom stereocenters. The Kier molecular flexibility index (Phi) is 7.10. The molecule has 1 heterocycles. The molecule has 0 bridgehead atoms. The molecule has 0 aromatic heterocycles. The quantitative estimate of drug-likeness (QED) is 0.622. The van der Waals surface area contributed by atoms with Gasteiger partial charge in [0, 0.05) is 26.8 Å².